The third kappa shape index (κ3) is 2.86. The maximum Gasteiger partial charge on any atom is 0.244 e. The van der Waals surface area contributed by atoms with E-state index in [-0.39, 0.29) is 10.9 Å². The number of nitrogens with zero attached hydrogens (tertiary/aromatic N) is 4. The van der Waals surface area contributed by atoms with Crippen molar-refractivity contribution in [3.8, 4) is 0 Å². The van der Waals surface area contributed by atoms with E-state index in [1.807, 2.05) is 24.7 Å². The number of hydrogen-bond donors (Lipinski definition) is 1. The molecule has 1 atom stereocenters. The van der Waals surface area contributed by atoms with Crippen LogP contribution in [0.1, 0.15) is 31.6 Å². The topological polar surface area (TPSA) is 81.8 Å². The molecule has 0 unspecified atom stereocenters. The predicted octanol–water partition coefficient (Wildman–Crippen LogP) is 1.07. The fourth-order valence-corrected chi connectivity index (χ4v) is 3.57. The Morgan fingerprint density at radius 2 is 2.24 bits per heavy atom. The SMILES string of the molecule is CCn1cc(S(=O)(=O)N[C@H](c2nccn2C)C2CC2)cn1. The highest BCUT2D eigenvalue weighted by atomic mass is 32.2. The van der Waals surface area contributed by atoms with Crippen molar-refractivity contribution in [2.24, 2.45) is 13.0 Å². The summed E-state index contributed by atoms with van der Waals surface area (Å²) in [5.74, 6) is 1.08. The van der Waals surface area contributed by atoms with Gasteiger partial charge < -0.3 is 4.57 Å². The van der Waals surface area contributed by atoms with Crippen molar-refractivity contribution in [3.63, 3.8) is 0 Å². The summed E-state index contributed by atoms with van der Waals surface area (Å²) in [5, 5.41) is 4.03. The molecule has 0 radical (unpaired) electrons. The summed E-state index contributed by atoms with van der Waals surface area (Å²) < 4.78 is 31.3. The summed E-state index contributed by atoms with van der Waals surface area (Å²) in [4.78, 5) is 4.49. The maximum absolute atomic E-state index is 12.5. The van der Waals surface area contributed by atoms with Gasteiger partial charge in [-0.15, -0.1) is 0 Å². The molecule has 21 heavy (non-hydrogen) atoms. The van der Waals surface area contributed by atoms with Crippen LogP contribution in [0.15, 0.2) is 29.7 Å². The van der Waals surface area contributed by atoms with Gasteiger partial charge >= 0.3 is 0 Å². The van der Waals surface area contributed by atoms with Crippen molar-refractivity contribution < 1.29 is 8.42 Å². The Hall–Kier alpha value is -1.67. The first kappa shape index (κ1) is 14.3. The van der Waals surface area contributed by atoms with Gasteiger partial charge in [-0.25, -0.2) is 18.1 Å². The molecule has 0 amide bonds. The Morgan fingerprint density at radius 1 is 1.48 bits per heavy atom. The van der Waals surface area contributed by atoms with Crippen molar-refractivity contribution >= 4 is 10.0 Å². The van der Waals surface area contributed by atoms with Crippen LogP contribution in [0.3, 0.4) is 0 Å². The van der Waals surface area contributed by atoms with E-state index < -0.39 is 10.0 Å². The fourth-order valence-electron chi connectivity index (χ4n) is 2.36. The van der Waals surface area contributed by atoms with Crippen LogP contribution in [0.25, 0.3) is 0 Å². The Morgan fingerprint density at radius 3 is 2.76 bits per heavy atom. The zero-order valence-electron chi connectivity index (χ0n) is 12.1. The lowest BCUT2D eigenvalue weighted by Crippen LogP contribution is -2.31. The van der Waals surface area contributed by atoms with Crippen molar-refractivity contribution in [2.45, 2.75) is 37.2 Å². The maximum atomic E-state index is 12.5. The van der Waals surface area contributed by atoms with Crippen LogP contribution in [0, 0.1) is 5.92 Å². The molecular weight excluding hydrogens is 290 g/mol. The van der Waals surface area contributed by atoms with E-state index in [0.717, 1.165) is 18.7 Å². The third-order valence-corrected chi connectivity index (χ3v) is 5.15. The van der Waals surface area contributed by atoms with E-state index in [9.17, 15) is 8.42 Å². The Kier molecular flexibility index (Phi) is 3.58. The minimum atomic E-state index is -3.58. The van der Waals surface area contributed by atoms with Crippen LogP contribution < -0.4 is 4.72 Å². The summed E-state index contributed by atoms with van der Waals surface area (Å²) in [7, 11) is -1.71. The van der Waals surface area contributed by atoms with Gasteiger partial charge in [-0.05, 0) is 25.7 Å². The average Bonchev–Trinajstić information content (AvgIpc) is 3.00. The van der Waals surface area contributed by atoms with Crippen LogP contribution in [-0.2, 0) is 23.6 Å². The highest BCUT2D eigenvalue weighted by Gasteiger charge is 2.37. The quantitative estimate of drug-likeness (QED) is 0.865. The molecule has 3 rings (SSSR count). The second-order valence-electron chi connectivity index (χ2n) is 5.36. The first-order valence-electron chi connectivity index (χ1n) is 7.03. The number of imidazole rings is 1. The lowest BCUT2D eigenvalue weighted by atomic mass is 10.2. The van der Waals surface area contributed by atoms with Gasteiger partial charge in [0.05, 0.1) is 12.2 Å². The standard InChI is InChI=1S/C13H19N5O2S/c1-3-18-9-11(8-15-18)21(19,20)16-12(10-4-5-10)13-14-6-7-17(13)2/h6-10,12,16H,3-5H2,1-2H3/t12-/m0/s1. The molecule has 1 saturated carbocycles. The van der Waals surface area contributed by atoms with Gasteiger partial charge in [-0.2, -0.15) is 5.10 Å². The van der Waals surface area contributed by atoms with Crippen molar-refractivity contribution in [1.82, 2.24) is 24.1 Å². The molecule has 114 valence electrons. The van der Waals surface area contributed by atoms with E-state index in [1.54, 1.807) is 17.1 Å². The second-order valence-corrected chi connectivity index (χ2v) is 7.08. The summed E-state index contributed by atoms with van der Waals surface area (Å²) in [6, 6.07) is -0.278. The molecule has 2 heterocycles. The fraction of sp³-hybridized carbons (Fsp3) is 0.538. The zero-order valence-corrected chi connectivity index (χ0v) is 12.9. The molecule has 7 nitrogen and oxygen atoms in total. The lowest BCUT2D eigenvalue weighted by molar-refractivity contribution is 0.500. The molecule has 8 heteroatoms. The number of rotatable bonds is 6. The summed E-state index contributed by atoms with van der Waals surface area (Å²) >= 11 is 0. The molecule has 0 spiro atoms. The Labute approximate surface area is 124 Å². The van der Waals surface area contributed by atoms with E-state index in [4.69, 9.17) is 0 Å². The largest absolute Gasteiger partial charge is 0.337 e. The molecule has 0 aliphatic heterocycles. The van der Waals surface area contributed by atoms with Crippen molar-refractivity contribution in [1.29, 1.82) is 0 Å². The second kappa shape index (κ2) is 5.27. The number of hydrogen-bond acceptors (Lipinski definition) is 4. The first-order chi connectivity index (χ1) is 10.0. The highest BCUT2D eigenvalue weighted by Crippen LogP contribution is 2.41. The van der Waals surface area contributed by atoms with E-state index in [2.05, 4.69) is 14.8 Å². The minimum absolute atomic E-state index is 0.198. The van der Waals surface area contributed by atoms with Gasteiger partial charge in [0.2, 0.25) is 10.0 Å². The van der Waals surface area contributed by atoms with Crippen LogP contribution in [0.2, 0.25) is 0 Å². The van der Waals surface area contributed by atoms with Gasteiger partial charge in [-0.1, -0.05) is 0 Å². The molecule has 1 aliphatic carbocycles. The molecule has 0 saturated heterocycles. The van der Waals surface area contributed by atoms with Crippen LogP contribution >= 0.6 is 0 Å². The van der Waals surface area contributed by atoms with Gasteiger partial charge in [0.25, 0.3) is 0 Å². The lowest BCUT2D eigenvalue weighted by Gasteiger charge is -2.17. The molecule has 0 bridgehead atoms. The summed E-state index contributed by atoms with van der Waals surface area (Å²) in [6.45, 7) is 2.55. The van der Waals surface area contributed by atoms with Gasteiger partial charge in [0.1, 0.15) is 10.7 Å². The molecule has 1 fully saturated rings. The van der Waals surface area contributed by atoms with Crippen molar-refractivity contribution in [2.75, 3.05) is 0 Å². The van der Waals surface area contributed by atoms with Gasteiger partial charge in [-0.3, -0.25) is 4.68 Å². The molecule has 2 aromatic heterocycles. The normalized spacial score (nSPS) is 17.0. The number of sulfonamides is 1. The van der Waals surface area contributed by atoms with Crippen molar-refractivity contribution in [3.05, 3.63) is 30.6 Å². The third-order valence-electron chi connectivity index (χ3n) is 3.76. The van der Waals surface area contributed by atoms with Crippen LogP contribution in [0.5, 0.6) is 0 Å². The first-order valence-corrected chi connectivity index (χ1v) is 8.51. The van der Waals surface area contributed by atoms with E-state index in [1.165, 1.54) is 6.20 Å². The summed E-state index contributed by atoms with van der Waals surface area (Å²) in [5.41, 5.74) is 0. The van der Waals surface area contributed by atoms with Gasteiger partial charge in [0, 0.05) is 32.2 Å². The zero-order chi connectivity index (χ0) is 15.0. The molecule has 1 aliphatic rings. The average molecular weight is 309 g/mol. The molecular formula is C13H19N5O2S. The number of aryl methyl sites for hydroxylation is 2. The van der Waals surface area contributed by atoms with E-state index >= 15 is 0 Å². The molecule has 0 aromatic carbocycles. The Bertz CT molecular complexity index is 729. The number of nitrogens with one attached hydrogen (secondary N) is 1. The van der Waals surface area contributed by atoms with Gasteiger partial charge in [0.15, 0.2) is 0 Å². The van der Waals surface area contributed by atoms with E-state index in [0.29, 0.717) is 12.5 Å². The van der Waals surface area contributed by atoms with Crippen LogP contribution in [0.4, 0.5) is 0 Å². The Balaban J connectivity index is 1.87. The highest BCUT2D eigenvalue weighted by molar-refractivity contribution is 7.89. The molecule has 1 N–H and O–H groups in total. The molecule has 2 aromatic rings. The minimum Gasteiger partial charge on any atom is -0.337 e. The predicted molar refractivity (Wildman–Crippen MR) is 76.9 cm³/mol. The summed E-state index contributed by atoms with van der Waals surface area (Å²) in [6.07, 6.45) is 8.49. The monoisotopic (exact) mass is 309 g/mol. The van der Waals surface area contributed by atoms with Crippen LogP contribution in [-0.4, -0.2) is 27.7 Å². The number of aromatic nitrogens is 4. The smallest absolute Gasteiger partial charge is 0.244 e.